The lowest BCUT2D eigenvalue weighted by molar-refractivity contribution is 0.388. The summed E-state index contributed by atoms with van der Waals surface area (Å²) in [6.45, 7) is 4.79. The second-order valence-corrected chi connectivity index (χ2v) is 4.57. The standard InChI is InChI=1S/C12H16N4O/c1-9-4-11(15-17-9)7-16-8-14-6-12(16)10-2-3-13-5-10/h4,6,8,10,13H,2-3,5,7H2,1H3. The molecule has 17 heavy (non-hydrogen) atoms. The number of hydrogen-bond donors (Lipinski definition) is 1. The fourth-order valence-corrected chi connectivity index (χ4v) is 2.38. The van der Waals surface area contributed by atoms with Crippen LogP contribution in [0.15, 0.2) is 23.1 Å². The van der Waals surface area contributed by atoms with Crippen LogP contribution >= 0.6 is 0 Å². The maximum Gasteiger partial charge on any atom is 0.133 e. The van der Waals surface area contributed by atoms with E-state index in [2.05, 4.69) is 20.0 Å². The second kappa shape index (κ2) is 4.33. The first-order valence-electron chi connectivity index (χ1n) is 5.96. The Kier molecular flexibility index (Phi) is 2.68. The summed E-state index contributed by atoms with van der Waals surface area (Å²) in [4.78, 5) is 4.25. The van der Waals surface area contributed by atoms with Crippen molar-refractivity contribution in [3.8, 4) is 0 Å². The van der Waals surface area contributed by atoms with Crippen molar-refractivity contribution in [3.05, 3.63) is 35.7 Å². The minimum atomic E-state index is 0.575. The van der Waals surface area contributed by atoms with Gasteiger partial charge in [0.25, 0.3) is 0 Å². The minimum absolute atomic E-state index is 0.575. The van der Waals surface area contributed by atoms with Crippen molar-refractivity contribution in [2.75, 3.05) is 13.1 Å². The predicted molar refractivity (Wildman–Crippen MR) is 62.8 cm³/mol. The Balaban J connectivity index is 1.81. The summed E-state index contributed by atoms with van der Waals surface area (Å²) in [6.07, 6.45) is 5.02. The lowest BCUT2D eigenvalue weighted by Crippen LogP contribution is -2.12. The average molecular weight is 232 g/mol. The highest BCUT2D eigenvalue weighted by Gasteiger charge is 2.20. The highest BCUT2D eigenvalue weighted by Crippen LogP contribution is 2.22. The van der Waals surface area contributed by atoms with Gasteiger partial charge in [0, 0.05) is 30.4 Å². The van der Waals surface area contributed by atoms with E-state index in [0.29, 0.717) is 5.92 Å². The molecule has 1 aliphatic heterocycles. The van der Waals surface area contributed by atoms with E-state index in [9.17, 15) is 0 Å². The molecule has 90 valence electrons. The summed E-state index contributed by atoms with van der Waals surface area (Å²) in [5, 5.41) is 7.40. The molecule has 2 aromatic heterocycles. The third kappa shape index (κ3) is 2.10. The number of nitrogens with one attached hydrogen (secondary N) is 1. The van der Waals surface area contributed by atoms with E-state index >= 15 is 0 Å². The smallest absolute Gasteiger partial charge is 0.133 e. The first-order valence-corrected chi connectivity index (χ1v) is 5.96. The van der Waals surface area contributed by atoms with Gasteiger partial charge in [-0.3, -0.25) is 0 Å². The zero-order valence-corrected chi connectivity index (χ0v) is 9.89. The van der Waals surface area contributed by atoms with Gasteiger partial charge >= 0.3 is 0 Å². The number of imidazole rings is 1. The van der Waals surface area contributed by atoms with Gasteiger partial charge in [-0.05, 0) is 19.9 Å². The van der Waals surface area contributed by atoms with Crippen LogP contribution < -0.4 is 5.32 Å². The van der Waals surface area contributed by atoms with Gasteiger partial charge in [-0.15, -0.1) is 0 Å². The summed E-state index contributed by atoms with van der Waals surface area (Å²) in [5.41, 5.74) is 2.24. The van der Waals surface area contributed by atoms with E-state index in [1.165, 1.54) is 12.1 Å². The van der Waals surface area contributed by atoms with E-state index in [1.54, 1.807) is 0 Å². The molecular weight excluding hydrogens is 216 g/mol. The first kappa shape index (κ1) is 10.5. The number of rotatable bonds is 3. The van der Waals surface area contributed by atoms with Crippen LogP contribution in [0, 0.1) is 6.92 Å². The van der Waals surface area contributed by atoms with Crippen molar-refractivity contribution in [1.82, 2.24) is 20.0 Å². The quantitative estimate of drug-likeness (QED) is 0.866. The fourth-order valence-electron chi connectivity index (χ4n) is 2.38. The third-order valence-electron chi connectivity index (χ3n) is 3.23. The third-order valence-corrected chi connectivity index (χ3v) is 3.23. The van der Waals surface area contributed by atoms with Gasteiger partial charge in [-0.25, -0.2) is 4.98 Å². The molecule has 1 unspecified atom stereocenters. The molecule has 0 amide bonds. The summed E-state index contributed by atoms with van der Waals surface area (Å²) in [7, 11) is 0. The molecule has 2 aromatic rings. The van der Waals surface area contributed by atoms with Gasteiger partial charge in [0.2, 0.25) is 0 Å². The first-order chi connectivity index (χ1) is 8.33. The van der Waals surface area contributed by atoms with E-state index in [4.69, 9.17) is 4.52 Å². The van der Waals surface area contributed by atoms with Gasteiger partial charge in [0.1, 0.15) is 11.5 Å². The molecule has 0 spiro atoms. The predicted octanol–water partition coefficient (Wildman–Crippen LogP) is 1.30. The van der Waals surface area contributed by atoms with Crippen LogP contribution in [0.1, 0.15) is 29.5 Å². The van der Waals surface area contributed by atoms with E-state index in [-0.39, 0.29) is 0 Å². The molecular formula is C12H16N4O. The van der Waals surface area contributed by atoms with Crippen LogP contribution in [0.3, 0.4) is 0 Å². The van der Waals surface area contributed by atoms with Gasteiger partial charge < -0.3 is 14.4 Å². The van der Waals surface area contributed by atoms with Crippen molar-refractivity contribution < 1.29 is 4.52 Å². The molecule has 1 atom stereocenters. The summed E-state index contributed by atoms with van der Waals surface area (Å²) >= 11 is 0. The van der Waals surface area contributed by atoms with E-state index in [1.807, 2.05) is 25.5 Å². The SMILES string of the molecule is Cc1cc(Cn2cncc2C2CCNC2)no1. The van der Waals surface area contributed by atoms with Gasteiger partial charge in [-0.2, -0.15) is 0 Å². The molecule has 1 saturated heterocycles. The topological polar surface area (TPSA) is 55.9 Å². The molecule has 5 heteroatoms. The van der Waals surface area contributed by atoms with Gasteiger partial charge in [-0.1, -0.05) is 5.16 Å². The molecule has 0 aliphatic carbocycles. The van der Waals surface area contributed by atoms with Gasteiger partial charge in [0.05, 0.1) is 12.9 Å². The van der Waals surface area contributed by atoms with Crippen LogP contribution in [0.5, 0.6) is 0 Å². The number of nitrogens with zero attached hydrogens (tertiary/aromatic N) is 3. The van der Waals surface area contributed by atoms with Crippen molar-refractivity contribution in [3.63, 3.8) is 0 Å². The van der Waals surface area contributed by atoms with Crippen LogP contribution in [0.25, 0.3) is 0 Å². The second-order valence-electron chi connectivity index (χ2n) is 4.57. The minimum Gasteiger partial charge on any atom is -0.361 e. The van der Waals surface area contributed by atoms with E-state index < -0.39 is 0 Å². The Hall–Kier alpha value is -1.62. The van der Waals surface area contributed by atoms with Crippen LogP contribution in [0.2, 0.25) is 0 Å². The van der Waals surface area contributed by atoms with Crippen LogP contribution in [-0.2, 0) is 6.54 Å². The molecule has 1 N–H and O–H groups in total. The van der Waals surface area contributed by atoms with Crippen molar-refractivity contribution in [1.29, 1.82) is 0 Å². The average Bonchev–Trinajstić information content (AvgIpc) is 3.00. The highest BCUT2D eigenvalue weighted by molar-refractivity contribution is 5.12. The van der Waals surface area contributed by atoms with Crippen molar-refractivity contribution in [2.45, 2.75) is 25.8 Å². The monoisotopic (exact) mass is 232 g/mol. The maximum atomic E-state index is 5.08. The van der Waals surface area contributed by atoms with Crippen molar-refractivity contribution >= 4 is 0 Å². The molecule has 3 heterocycles. The lowest BCUT2D eigenvalue weighted by atomic mass is 10.1. The molecule has 1 aliphatic rings. The lowest BCUT2D eigenvalue weighted by Gasteiger charge is -2.11. The summed E-state index contributed by atoms with van der Waals surface area (Å²) < 4.78 is 7.24. The molecule has 1 fully saturated rings. The van der Waals surface area contributed by atoms with Crippen LogP contribution in [0.4, 0.5) is 0 Å². The Labute approximate surface area is 99.8 Å². The zero-order valence-electron chi connectivity index (χ0n) is 9.89. The molecule has 0 saturated carbocycles. The normalized spacial score (nSPS) is 19.9. The Bertz CT molecular complexity index is 496. The number of aryl methyl sites for hydroxylation is 1. The summed E-state index contributed by atoms with van der Waals surface area (Å²) in [6, 6.07) is 1.97. The maximum absolute atomic E-state index is 5.08. The van der Waals surface area contributed by atoms with Gasteiger partial charge in [0.15, 0.2) is 0 Å². The Morgan fingerprint density at radius 1 is 1.59 bits per heavy atom. The zero-order chi connectivity index (χ0) is 11.7. The summed E-state index contributed by atoms with van der Waals surface area (Å²) in [5.74, 6) is 1.43. The number of hydrogen-bond acceptors (Lipinski definition) is 4. The largest absolute Gasteiger partial charge is 0.361 e. The Morgan fingerprint density at radius 2 is 2.53 bits per heavy atom. The van der Waals surface area contributed by atoms with E-state index in [0.717, 1.165) is 31.1 Å². The van der Waals surface area contributed by atoms with Crippen molar-refractivity contribution in [2.24, 2.45) is 0 Å². The number of aromatic nitrogens is 3. The van der Waals surface area contributed by atoms with Crippen LogP contribution in [-0.4, -0.2) is 27.8 Å². The molecule has 0 aromatic carbocycles. The molecule has 0 bridgehead atoms. The highest BCUT2D eigenvalue weighted by atomic mass is 16.5. The molecule has 5 nitrogen and oxygen atoms in total. The molecule has 3 rings (SSSR count). The Morgan fingerprint density at radius 3 is 3.24 bits per heavy atom. The fraction of sp³-hybridized carbons (Fsp3) is 0.500. The molecule has 0 radical (unpaired) electrons.